The maximum Gasteiger partial charge on any atom is 0.273 e. The number of fused-ring (bicyclic) bond motifs is 1. The van der Waals surface area contributed by atoms with Gasteiger partial charge in [0.25, 0.3) is 5.91 Å². The van der Waals surface area contributed by atoms with E-state index in [-0.39, 0.29) is 11.8 Å². The van der Waals surface area contributed by atoms with Crippen molar-refractivity contribution in [3.8, 4) is 5.75 Å². The van der Waals surface area contributed by atoms with Gasteiger partial charge < -0.3 is 15.0 Å². The maximum absolute atomic E-state index is 12.7. The Kier molecular flexibility index (Phi) is 4.14. The third-order valence-electron chi connectivity index (χ3n) is 4.10. The second-order valence-electron chi connectivity index (χ2n) is 5.57. The molecule has 2 amide bonds. The van der Waals surface area contributed by atoms with Crippen molar-refractivity contribution in [2.24, 2.45) is 0 Å². The fourth-order valence-corrected chi connectivity index (χ4v) is 2.72. The molecule has 1 saturated heterocycles. The third kappa shape index (κ3) is 2.97. The summed E-state index contributed by atoms with van der Waals surface area (Å²) in [5.74, 6) is 0.407. The van der Waals surface area contributed by atoms with Crippen LogP contribution < -0.4 is 10.1 Å². The number of hydrogen-bond acceptors (Lipinski definition) is 4. The van der Waals surface area contributed by atoms with Crippen molar-refractivity contribution in [1.82, 2.24) is 15.2 Å². The molecular weight excluding hydrogens is 294 g/mol. The van der Waals surface area contributed by atoms with Gasteiger partial charge in [-0.1, -0.05) is 6.07 Å². The molecule has 1 fully saturated rings. The normalized spacial score (nSPS) is 18.4. The number of aromatic nitrogens is 1. The van der Waals surface area contributed by atoms with E-state index >= 15 is 0 Å². The van der Waals surface area contributed by atoms with Crippen molar-refractivity contribution in [3.63, 3.8) is 0 Å². The van der Waals surface area contributed by atoms with Crippen LogP contribution in [0.1, 0.15) is 23.8 Å². The lowest BCUT2D eigenvalue weighted by Gasteiger charge is -2.25. The van der Waals surface area contributed by atoms with Gasteiger partial charge in [0, 0.05) is 18.5 Å². The summed E-state index contributed by atoms with van der Waals surface area (Å²) in [6.45, 7) is 2.88. The maximum atomic E-state index is 12.7. The summed E-state index contributed by atoms with van der Waals surface area (Å²) >= 11 is 0. The van der Waals surface area contributed by atoms with Crippen LogP contribution in [0.15, 0.2) is 30.3 Å². The van der Waals surface area contributed by atoms with Crippen LogP contribution in [0.5, 0.6) is 5.75 Å². The van der Waals surface area contributed by atoms with E-state index in [0.29, 0.717) is 18.8 Å². The van der Waals surface area contributed by atoms with Crippen LogP contribution in [0.2, 0.25) is 0 Å². The second kappa shape index (κ2) is 6.24. The van der Waals surface area contributed by atoms with Gasteiger partial charge in [-0.05, 0) is 37.6 Å². The molecule has 6 nitrogen and oxygen atoms in total. The monoisotopic (exact) mass is 313 g/mol. The molecule has 1 aliphatic heterocycles. The number of ether oxygens (including phenoxy) is 1. The molecule has 1 atom stereocenters. The summed E-state index contributed by atoms with van der Waals surface area (Å²) in [6, 6.07) is 8.56. The summed E-state index contributed by atoms with van der Waals surface area (Å²) in [4.78, 5) is 30.7. The van der Waals surface area contributed by atoms with Crippen molar-refractivity contribution in [1.29, 1.82) is 0 Å². The van der Waals surface area contributed by atoms with Crippen LogP contribution in [0.3, 0.4) is 0 Å². The van der Waals surface area contributed by atoms with E-state index in [4.69, 9.17) is 4.74 Å². The average Bonchev–Trinajstić information content (AvgIpc) is 2.75. The number of rotatable bonds is 2. The number of amides is 2. The van der Waals surface area contributed by atoms with Crippen molar-refractivity contribution in [3.05, 3.63) is 36.0 Å². The topological polar surface area (TPSA) is 71.5 Å². The summed E-state index contributed by atoms with van der Waals surface area (Å²) in [5, 5.41) is 3.71. The van der Waals surface area contributed by atoms with Crippen LogP contribution in [-0.2, 0) is 4.79 Å². The van der Waals surface area contributed by atoms with Gasteiger partial charge in [-0.25, -0.2) is 4.98 Å². The molecular formula is C17H19N3O3. The molecule has 1 aromatic heterocycles. The molecule has 1 aliphatic rings. The Morgan fingerprint density at radius 2 is 2.17 bits per heavy atom. The van der Waals surface area contributed by atoms with Crippen molar-refractivity contribution in [2.75, 3.05) is 20.2 Å². The van der Waals surface area contributed by atoms with E-state index in [9.17, 15) is 9.59 Å². The minimum Gasteiger partial charge on any atom is -0.497 e. The first-order valence-corrected chi connectivity index (χ1v) is 7.63. The SMILES string of the molecule is COc1ccc2nc(C(=O)N3CCCNC(=O)C3C)ccc2c1. The van der Waals surface area contributed by atoms with Gasteiger partial charge in [0.15, 0.2) is 0 Å². The van der Waals surface area contributed by atoms with E-state index in [0.717, 1.165) is 23.1 Å². The van der Waals surface area contributed by atoms with E-state index in [2.05, 4.69) is 10.3 Å². The lowest BCUT2D eigenvalue weighted by molar-refractivity contribution is -0.124. The Bertz CT molecular complexity index is 760. The predicted octanol–water partition coefficient (Wildman–Crippen LogP) is 1.59. The minimum absolute atomic E-state index is 0.124. The number of carbonyl (C=O) groups is 2. The molecule has 2 aromatic rings. The van der Waals surface area contributed by atoms with Gasteiger partial charge in [0.05, 0.1) is 12.6 Å². The Hall–Kier alpha value is -2.63. The number of methoxy groups -OCH3 is 1. The summed E-state index contributed by atoms with van der Waals surface area (Å²) in [6.07, 6.45) is 0.743. The number of pyridine rings is 1. The average molecular weight is 313 g/mol. The lowest BCUT2D eigenvalue weighted by atomic mass is 10.1. The van der Waals surface area contributed by atoms with E-state index in [1.54, 1.807) is 25.0 Å². The van der Waals surface area contributed by atoms with Crippen molar-refractivity contribution < 1.29 is 14.3 Å². The van der Waals surface area contributed by atoms with Crippen molar-refractivity contribution >= 4 is 22.7 Å². The first-order valence-electron chi connectivity index (χ1n) is 7.63. The highest BCUT2D eigenvalue weighted by molar-refractivity contribution is 5.98. The Morgan fingerprint density at radius 3 is 2.96 bits per heavy atom. The molecule has 0 saturated carbocycles. The number of nitrogens with zero attached hydrogens (tertiary/aromatic N) is 2. The molecule has 1 unspecified atom stereocenters. The van der Waals surface area contributed by atoms with Gasteiger partial charge in [0.1, 0.15) is 17.5 Å². The summed E-state index contributed by atoms with van der Waals surface area (Å²) in [7, 11) is 1.61. The molecule has 1 N–H and O–H groups in total. The van der Waals surface area contributed by atoms with Gasteiger partial charge in [-0.3, -0.25) is 9.59 Å². The van der Waals surface area contributed by atoms with Gasteiger partial charge >= 0.3 is 0 Å². The van der Waals surface area contributed by atoms with Gasteiger partial charge in [-0.15, -0.1) is 0 Å². The highest BCUT2D eigenvalue weighted by Crippen LogP contribution is 2.20. The number of carbonyl (C=O) groups excluding carboxylic acids is 2. The zero-order valence-electron chi connectivity index (χ0n) is 13.2. The standard InChI is InChI=1S/C17H19N3O3/c1-11-16(21)18-8-3-9-20(11)17(22)15-6-4-12-10-13(23-2)5-7-14(12)19-15/h4-7,10-11H,3,8-9H2,1-2H3,(H,18,21). The number of benzene rings is 1. The van der Waals surface area contributed by atoms with Crippen LogP contribution in [0, 0.1) is 0 Å². The van der Waals surface area contributed by atoms with E-state index in [1.165, 1.54) is 0 Å². The third-order valence-corrected chi connectivity index (χ3v) is 4.10. The molecule has 0 aliphatic carbocycles. The molecule has 1 aromatic carbocycles. The van der Waals surface area contributed by atoms with Crippen LogP contribution in [0.4, 0.5) is 0 Å². The zero-order valence-corrected chi connectivity index (χ0v) is 13.2. The minimum atomic E-state index is -0.488. The molecule has 0 spiro atoms. The summed E-state index contributed by atoms with van der Waals surface area (Å²) < 4.78 is 5.19. The van der Waals surface area contributed by atoms with E-state index < -0.39 is 6.04 Å². The molecule has 0 bridgehead atoms. The highest BCUT2D eigenvalue weighted by atomic mass is 16.5. The van der Waals surface area contributed by atoms with Crippen molar-refractivity contribution in [2.45, 2.75) is 19.4 Å². The van der Waals surface area contributed by atoms with E-state index in [1.807, 2.05) is 24.3 Å². The number of hydrogen-bond donors (Lipinski definition) is 1. The molecule has 3 rings (SSSR count). The highest BCUT2D eigenvalue weighted by Gasteiger charge is 2.29. The predicted molar refractivity (Wildman–Crippen MR) is 86.4 cm³/mol. The quantitative estimate of drug-likeness (QED) is 0.914. The zero-order chi connectivity index (χ0) is 16.4. The molecule has 23 heavy (non-hydrogen) atoms. The smallest absolute Gasteiger partial charge is 0.273 e. The molecule has 0 radical (unpaired) electrons. The molecule has 6 heteroatoms. The largest absolute Gasteiger partial charge is 0.497 e. The summed E-state index contributed by atoms with van der Waals surface area (Å²) in [5.41, 5.74) is 1.08. The Balaban J connectivity index is 1.92. The van der Waals surface area contributed by atoms with Gasteiger partial charge in [0.2, 0.25) is 5.91 Å². The molecule has 2 heterocycles. The Labute approximate surface area is 134 Å². The number of nitrogens with one attached hydrogen (secondary N) is 1. The Morgan fingerprint density at radius 1 is 1.35 bits per heavy atom. The first-order chi connectivity index (χ1) is 11.1. The molecule has 120 valence electrons. The van der Waals surface area contributed by atoms with Crippen LogP contribution in [0.25, 0.3) is 10.9 Å². The van der Waals surface area contributed by atoms with Gasteiger partial charge in [-0.2, -0.15) is 0 Å². The van der Waals surface area contributed by atoms with Crippen LogP contribution >= 0.6 is 0 Å². The van der Waals surface area contributed by atoms with Crippen LogP contribution in [-0.4, -0.2) is 47.9 Å². The second-order valence-corrected chi connectivity index (χ2v) is 5.57. The fraction of sp³-hybridized carbons (Fsp3) is 0.353. The first kappa shape index (κ1) is 15.3. The lowest BCUT2D eigenvalue weighted by Crippen LogP contribution is -2.45. The fourth-order valence-electron chi connectivity index (χ4n) is 2.72.